The number of aliphatic carboxylic acids is 1. The van der Waals surface area contributed by atoms with Gasteiger partial charge in [0.1, 0.15) is 5.82 Å². The Morgan fingerprint density at radius 2 is 1.83 bits per heavy atom. The lowest BCUT2D eigenvalue weighted by Gasteiger charge is -2.16. The topological polar surface area (TPSA) is 92.2 Å². The highest BCUT2D eigenvalue weighted by Gasteiger charge is 2.17. The molecule has 0 fully saturated rings. The number of nitrogens with zero attached hydrogens (tertiary/aromatic N) is 2. The van der Waals surface area contributed by atoms with Crippen LogP contribution in [-0.2, 0) is 16.6 Å². The first kappa shape index (κ1) is 17.6. The highest BCUT2D eigenvalue weighted by molar-refractivity contribution is 6.03. The Morgan fingerprint density at radius 1 is 1.17 bits per heavy atom. The van der Waals surface area contributed by atoms with Crippen LogP contribution < -0.4 is 5.32 Å². The fraction of sp³-hybridized carbons (Fsp3) is 0.333. The predicted octanol–water partition coefficient (Wildman–Crippen LogP) is 3.04. The molecule has 0 spiro atoms. The normalized spacial score (nSPS) is 11.1. The van der Waals surface area contributed by atoms with Crippen LogP contribution in [0.4, 0.5) is 5.69 Å². The lowest BCUT2D eigenvalue weighted by atomic mass is 9.96. The lowest BCUT2D eigenvalue weighted by Crippen LogP contribution is -2.18. The second-order valence-electron chi connectivity index (χ2n) is 6.59. The Balaban J connectivity index is 2.06. The van der Waals surface area contributed by atoms with Gasteiger partial charge in [-0.2, -0.15) is 0 Å². The van der Waals surface area contributed by atoms with Crippen molar-refractivity contribution in [3.63, 3.8) is 0 Å². The van der Waals surface area contributed by atoms with E-state index in [-0.39, 0.29) is 17.7 Å². The fourth-order valence-corrected chi connectivity index (χ4v) is 2.09. The van der Waals surface area contributed by atoms with Crippen LogP contribution in [0.5, 0.6) is 0 Å². The van der Waals surface area contributed by atoms with E-state index in [9.17, 15) is 9.59 Å². The molecule has 0 unspecified atom stereocenters. The lowest BCUT2D eigenvalue weighted by molar-refractivity contribution is -0.136. The molecule has 0 saturated heterocycles. The monoisotopic (exact) mass is 327 g/mol. The Morgan fingerprint density at radius 3 is 2.42 bits per heavy atom. The molecule has 6 nitrogen and oxygen atoms in total. The minimum absolute atomic E-state index is 0.0551. The van der Waals surface area contributed by atoms with Crippen LogP contribution >= 0.6 is 0 Å². The SMILES string of the molecule is CC(C)(C)c1ncc(C(=O)Nc2cccc(CCC(=O)O)c2)cn1. The van der Waals surface area contributed by atoms with Crippen molar-refractivity contribution in [3.8, 4) is 0 Å². The third-order valence-corrected chi connectivity index (χ3v) is 3.40. The molecule has 6 heteroatoms. The number of anilines is 1. The van der Waals surface area contributed by atoms with Gasteiger partial charge in [0.15, 0.2) is 0 Å². The molecule has 1 aromatic carbocycles. The minimum atomic E-state index is -0.847. The van der Waals surface area contributed by atoms with Gasteiger partial charge in [-0.3, -0.25) is 9.59 Å². The summed E-state index contributed by atoms with van der Waals surface area (Å²) in [7, 11) is 0. The van der Waals surface area contributed by atoms with E-state index >= 15 is 0 Å². The quantitative estimate of drug-likeness (QED) is 0.880. The molecular weight excluding hydrogens is 306 g/mol. The Hall–Kier alpha value is -2.76. The van der Waals surface area contributed by atoms with E-state index in [1.807, 2.05) is 26.8 Å². The number of nitrogens with one attached hydrogen (secondary N) is 1. The maximum absolute atomic E-state index is 12.3. The van der Waals surface area contributed by atoms with E-state index in [1.165, 1.54) is 12.4 Å². The van der Waals surface area contributed by atoms with Gasteiger partial charge in [0.2, 0.25) is 0 Å². The number of carboxylic acids is 1. The molecule has 1 heterocycles. The van der Waals surface area contributed by atoms with Crippen LogP contribution in [0.3, 0.4) is 0 Å². The number of hydrogen-bond acceptors (Lipinski definition) is 4. The van der Waals surface area contributed by atoms with Gasteiger partial charge in [0.25, 0.3) is 5.91 Å². The summed E-state index contributed by atoms with van der Waals surface area (Å²) < 4.78 is 0. The van der Waals surface area contributed by atoms with E-state index in [4.69, 9.17) is 5.11 Å². The first-order valence-electron chi connectivity index (χ1n) is 7.70. The first-order chi connectivity index (χ1) is 11.3. The summed E-state index contributed by atoms with van der Waals surface area (Å²) in [5.74, 6) is -0.471. The minimum Gasteiger partial charge on any atom is -0.481 e. The van der Waals surface area contributed by atoms with Crippen molar-refractivity contribution in [1.82, 2.24) is 9.97 Å². The predicted molar refractivity (Wildman–Crippen MR) is 91.1 cm³/mol. The molecule has 0 aliphatic rings. The van der Waals surface area contributed by atoms with Crippen LogP contribution in [0.2, 0.25) is 0 Å². The van der Waals surface area contributed by atoms with Crippen LogP contribution in [0.1, 0.15) is 48.9 Å². The van der Waals surface area contributed by atoms with E-state index in [0.717, 1.165) is 5.56 Å². The summed E-state index contributed by atoms with van der Waals surface area (Å²) in [5, 5.41) is 11.5. The second-order valence-corrected chi connectivity index (χ2v) is 6.59. The van der Waals surface area contributed by atoms with Crippen LogP contribution in [0, 0.1) is 0 Å². The van der Waals surface area contributed by atoms with E-state index in [0.29, 0.717) is 23.5 Å². The number of hydrogen-bond donors (Lipinski definition) is 2. The van der Waals surface area contributed by atoms with Gasteiger partial charge in [0, 0.05) is 29.9 Å². The van der Waals surface area contributed by atoms with Gasteiger partial charge in [0.05, 0.1) is 5.56 Å². The summed E-state index contributed by atoms with van der Waals surface area (Å²) in [5.41, 5.74) is 1.67. The number of aryl methyl sites for hydroxylation is 1. The van der Waals surface area contributed by atoms with Crippen molar-refractivity contribution in [2.75, 3.05) is 5.32 Å². The van der Waals surface area contributed by atoms with Crippen molar-refractivity contribution < 1.29 is 14.7 Å². The molecular formula is C18H21N3O3. The van der Waals surface area contributed by atoms with Gasteiger partial charge in [-0.25, -0.2) is 9.97 Å². The summed E-state index contributed by atoms with van der Waals surface area (Å²) in [6, 6.07) is 7.14. The summed E-state index contributed by atoms with van der Waals surface area (Å²) in [6.07, 6.45) is 3.50. The smallest absolute Gasteiger partial charge is 0.303 e. The van der Waals surface area contributed by atoms with Crippen molar-refractivity contribution >= 4 is 17.6 Å². The molecule has 1 amide bonds. The number of aromatic nitrogens is 2. The average molecular weight is 327 g/mol. The second kappa shape index (κ2) is 7.21. The van der Waals surface area contributed by atoms with Gasteiger partial charge in [-0.15, -0.1) is 0 Å². The number of benzene rings is 1. The first-order valence-corrected chi connectivity index (χ1v) is 7.70. The Kier molecular flexibility index (Phi) is 5.28. The molecule has 2 aromatic rings. The highest BCUT2D eigenvalue weighted by atomic mass is 16.4. The van der Waals surface area contributed by atoms with Crippen molar-refractivity contribution in [1.29, 1.82) is 0 Å². The molecule has 0 bridgehead atoms. The molecule has 0 aliphatic heterocycles. The van der Waals surface area contributed by atoms with Crippen molar-refractivity contribution in [2.24, 2.45) is 0 Å². The standard InChI is InChI=1S/C18H21N3O3/c1-18(2,3)17-19-10-13(11-20-17)16(24)21-14-6-4-5-12(9-14)7-8-15(22)23/h4-6,9-11H,7-8H2,1-3H3,(H,21,24)(H,22,23). The molecule has 0 radical (unpaired) electrons. The number of amides is 1. The van der Waals surface area contributed by atoms with Crippen LogP contribution in [0.15, 0.2) is 36.7 Å². The number of carbonyl (C=O) groups is 2. The van der Waals surface area contributed by atoms with Crippen molar-refractivity contribution in [2.45, 2.75) is 39.0 Å². The maximum atomic E-state index is 12.3. The summed E-state index contributed by atoms with van der Waals surface area (Å²) >= 11 is 0. The largest absolute Gasteiger partial charge is 0.481 e. The zero-order valence-corrected chi connectivity index (χ0v) is 14.0. The maximum Gasteiger partial charge on any atom is 0.303 e. The van der Waals surface area contributed by atoms with Crippen molar-refractivity contribution in [3.05, 3.63) is 53.6 Å². The van der Waals surface area contributed by atoms with Gasteiger partial charge >= 0.3 is 5.97 Å². The van der Waals surface area contributed by atoms with Crippen LogP contribution in [-0.4, -0.2) is 27.0 Å². The summed E-state index contributed by atoms with van der Waals surface area (Å²) in [4.78, 5) is 31.4. The van der Waals surface area contributed by atoms with Gasteiger partial charge < -0.3 is 10.4 Å². The Bertz CT molecular complexity index is 734. The van der Waals surface area contributed by atoms with E-state index < -0.39 is 5.97 Å². The van der Waals surface area contributed by atoms with Crippen LogP contribution in [0.25, 0.3) is 0 Å². The molecule has 0 atom stereocenters. The molecule has 0 aliphatic carbocycles. The Labute approximate surface area is 141 Å². The van der Waals surface area contributed by atoms with E-state index in [1.54, 1.807) is 18.2 Å². The van der Waals surface area contributed by atoms with Gasteiger partial charge in [-0.1, -0.05) is 32.9 Å². The summed E-state index contributed by atoms with van der Waals surface area (Å²) in [6.45, 7) is 6.01. The molecule has 2 N–H and O–H groups in total. The number of carbonyl (C=O) groups excluding carboxylic acids is 1. The molecule has 24 heavy (non-hydrogen) atoms. The third kappa shape index (κ3) is 4.87. The molecule has 126 valence electrons. The zero-order valence-electron chi connectivity index (χ0n) is 14.0. The van der Waals surface area contributed by atoms with Gasteiger partial charge in [-0.05, 0) is 24.1 Å². The molecule has 1 aromatic heterocycles. The molecule has 2 rings (SSSR count). The highest BCUT2D eigenvalue weighted by Crippen LogP contribution is 2.18. The van der Waals surface area contributed by atoms with E-state index in [2.05, 4.69) is 15.3 Å². The third-order valence-electron chi connectivity index (χ3n) is 3.40. The zero-order chi connectivity index (χ0) is 17.7. The number of carboxylic acid groups (broad SMARTS) is 1. The fourth-order valence-electron chi connectivity index (χ4n) is 2.09. The average Bonchev–Trinajstić information content (AvgIpc) is 2.52. The number of rotatable bonds is 5. The molecule has 0 saturated carbocycles.